The zero-order valence-corrected chi connectivity index (χ0v) is 15.5. The van der Waals surface area contributed by atoms with Gasteiger partial charge in [-0.15, -0.1) is 0 Å². The van der Waals surface area contributed by atoms with E-state index < -0.39 is 0 Å². The number of benzene rings is 1. The van der Waals surface area contributed by atoms with Crippen LogP contribution in [0.3, 0.4) is 0 Å². The molecule has 27 heavy (non-hydrogen) atoms. The smallest absolute Gasteiger partial charge is 0.309 e. The van der Waals surface area contributed by atoms with E-state index in [1.54, 1.807) is 0 Å². The molecule has 0 bridgehead atoms. The Morgan fingerprint density at radius 2 is 2.11 bits per heavy atom. The molecule has 1 aliphatic carbocycles. The van der Waals surface area contributed by atoms with Gasteiger partial charge in [-0.05, 0) is 49.8 Å². The number of carbonyl (C=O) groups is 2. The molecular weight excluding hydrogens is 350 g/mol. The average molecular weight is 375 g/mol. The second kappa shape index (κ2) is 7.76. The Morgan fingerprint density at radius 3 is 2.89 bits per heavy atom. The van der Waals surface area contributed by atoms with Crippen molar-refractivity contribution >= 4 is 11.9 Å². The van der Waals surface area contributed by atoms with Crippen molar-refractivity contribution in [2.75, 3.05) is 26.6 Å². The van der Waals surface area contributed by atoms with Crippen molar-refractivity contribution in [2.24, 2.45) is 11.8 Å². The second-order valence-corrected chi connectivity index (χ2v) is 7.26. The minimum atomic E-state index is -0.376. The average Bonchev–Trinajstić information content (AvgIpc) is 3.06. The Kier molecular flexibility index (Phi) is 5.20. The molecule has 4 rings (SSSR count). The van der Waals surface area contributed by atoms with Gasteiger partial charge in [-0.2, -0.15) is 0 Å². The van der Waals surface area contributed by atoms with Crippen LogP contribution < -0.4 is 9.47 Å². The third-order valence-electron chi connectivity index (χ3n) is 5.29. The molecule has 2 heterocycles. The standard InChI is InChI=1S/C20H25NO6/c1-2-24-20(23)15-9-14(15)11-21(19(22)17-4-3-7-25-17)10-13-5-6-16-18(8-13)27-12-26-16/h5-6,8,14-15,17H,2-4,7,9-12H2,1H3/t14-,15-,17+/m1/s1. The number of amides is 1. The Labute approximate surface area is 158 Å². The number of rotatable bonds is 7. The van der Waals surface area contributed by atoms with Crippen molar-refractivity contribution in [3.63, 3.8) is 0 Å². The normalized spacial score (nSPS) is 25.3. The molecule has 7 heteroatoms. The van der Waals surface area contributed by atoms with Crippen LogP contribution in [0.5, 0.6) is 11.5 Å². The lowest BCUT2D eigenvalue weighted by Gasteiger charge is -2.26. The predicted molar refractivity (Wildman–Crippen MR) is 95.2 cm³/mol. The van der Waals surface area contributed by atoms with Crippen molar-refractivity contribution in [3.8, 4) is 11.5 Å². The lowest BCUT2D eigenvalue weighted by Crippen LogP contribution is -2.40. The van der Waals surface area contributed by atoms with E-state index in [0.717, 1.165) is 30.6 Å². The molecule has 1 saturated heterocycles. The second-order valence-electron chi connectivity index (χ2n) is 7.26. The van der Waals surface area contributed by atoms with Crippen LogP contribution in [-0.4, -0.2) is 49.4 Å². The summed E-state index contributed by atoms with van der Waals surface area (Å²) in [6.45, 7) is 4.04. The maximum atomic E-state index is 13.0. The molecule has 1 aromatic rings. The van der Waals surface area contributed by atoms with E-state index in [0.29, 0.717) is 32.1 Å². The molecule has 0 spiro atoms. The minimum absolute atomic E-state index is 0.000300. The van der Waals surface area contributed by atoms with Crippen LogP contribution in [0, 0.1) is 11.8 Å². The van der Waals surface area contributed by atoms with Crippen molar-refractivity contribution in [3.05, 3.63) is 23.8 Å². The first kappa shape index (κ1) is 18.1. The van der Waals surface area contributed by atoms with E-state index in [1.165, 1.54) is 0 Å². The lowest BCUT2D eigenvalue weighted by molar-refractivity contribution is -0.146. The number of hydrogen-bond donors (Lipinski definition) is 0. The molecule has 0 radical (unpaired) electrons. The first-order chi connectivity index (χ1) is 13.2. The number of nitrogens with zero attached hydrogens (tertiary/aromatic N) is 1. The summed E-state index contributed by atoms with van der Waals surface area (Å²) < 4.78 is 21.5. The van der Waals surface area contributed by atoms with E-state index in [9.17, 15) is 9.59 Å². The molecule has 1 amide bonds. The zero-order valence-electron chi connectivity index (χ0n) is 15.5. The summed E-state index contributed by atoms with van der Waals surface area (Å²) in [5.41, 5.74) is 0.971. The molecule has 7 nitrogen and oxygen atoms in total. The van der Waals surface area contributed by atoms with Gasteiger partial charge in [0.1, 0.15) is 6.10 Å². The van der Waals surface area contributed by atoms with Crippen LogP contribution in [0.25, 0.3) is 0 Å². The minimum Gasteiger partial charge on any atom is -0.466 e. The summed E-state index contributed by atoms with van der Waals surface area (Å²) in [5.74, 6) is 1.33. The largest absolute Gasteiger partial charge is 0.466 e. The molecular formula is C20H25NO6. The van der Waals surface area contributed by atoms with Gasteiger partial charge in [0, 0.05) is 19.7 Å². The van der Waals surface area contributed by atoms with Crippen LogP contribution in [0.2, 0.25) is 0 Å². The fraction of sp³-hybridized carbons (Fsp3) is 0.600. The van der Waals surface area contributed by atoms with E-state index in [-0.39, 0.29) is 36.6 Å². The zero-order chi connectivity index (χ0) is 18.8. The number of hydrogen-bond acceptors (Lipinski definition) is 6. The third kappa shape index (κ3) is 4.03. The van der Waals surface area contributed by atoms with Crippen LogP contribution in [0.1, 0.15) is 31.7 Å². The maximum Gasteiger partial charge on any atom is 0.309 e. The number of carbonyl (C=O) groups excluding carboxylic acids is 2. The van der Waals surface area contributed by atoms with E-state index in [2.05, 4.69) is 0 Å². The summed E-state index contributed by atoms with van der Waals surface area (Å²) in [5, 5.41) is 0. The third-order valence-corrected chi connectivity index (χ3v) is 5.29. The fourth-order valence-corrected chi connectivity index (χ4v) is 3.74. The van der Waals surface area contributed by atoms with Gasteiger partial charge in [0.05, 0.1) is 12.5 Å². The summed E-state index contributed by atoms with van der Waals surface area (Å²) >= 11 is 0. The predicted octanol–water partition coefficient (Wildman–Crippen LogP) is 2.12. The van der Waals surface area contributed by atoms with Crippen molar-refractivity contribution in [1.29, 1.82) is 0 Å². The van der Waals surface area contributed by atoms with E-state index in [1.807, 2.05) is 30.0 Å². The van der Waals surface area contributed by atoms with Crippen LogP contribution in [0.4, 0.5) is 0 Å². The summed E-state index contributed by atoms with van der Waals surface area (Å²) in [7, 11) is 0. The van der Waals surface area contributed by atoms with Crippen molar-refractivity contribution < 1.29 is 28.5 Å². The topological polar surface area (TPSA) is 74.3 Å². The number of ether oxygens (including phenoxy) is 4. The molecule has 146 valence electrons. The first-order valence-corrected chi connectivity index (χ1v) is 9.61. The first-order valence-electron chi connectivity index (χ1n) is 9.61. The molecule has 0 N–H and O–H groups in total. The molecule has 2 aliphatic heterocycles. The molecule has 0 aromatic heterocycles. The quantitative estimate of drug-likeness (QED) is 0.680. The summed E-state index contributed by atoms with van der Waals surface area (Å²) in [6, 6.07) is 5.72. The van der Waals surface area contributed by atoms with Gasteiger partial charge in [0.15, 0.2) is 11.5 Å². The fourth-order valence-electron chi connectivity index (χ4n) is 3.74. The number of fused-ring (bicyclic) bond motifs is 1. The highest BCUT2D eigenvalue weighted by Gasteiger charge is 2.46. The Morgan fingerprint density at radius 1 is 1.26 bits per heavy atom. The summed E-state index contributed by atoms with van der Waals surface area (Å²) in [6.07, 6.45) is 2.06. The van der Waals surface area contributed by atoms with Gasteiger partial charge >= 0.3 is 5.97 Å². The summed E-state index contributed by atoms with van der Waals surface area (Å²) in [4.78, 5) is 26.7. The molecule has 1 aromatic carbocycles. The Bertz CT molecular complexity index is 714. The SMILES string of the molecule is CCOC(=O)[C@@H]1C[C@@H]1CN(Cc1ccc2c(c1)OCO2)C(=O)[C@@H]1CCCO1. The molecule has 1 saturated carbocycles. The number of esters is 1. The maximum absolute atomic E-state index is 13.0. The van der Waals surface area contributed by atoms with Gasteiger partial charge in [-0.1, -0.05) is 6.07 Å². The van der Waals surface area contributed by atoms with Gasteiger partial charge in [-0.25, -0.2) is 0 Å². The molecule has 3 atom stereocenters. The molecule has 2 fully saturated rings. The van der Waals surface area contributed by atoms with E-state index in [4.69, 9.17) is 18.9 Å². The highest BCUT2D eigenvalue weighted by molar-refractivity contribution is 5.81. The Hall–Kier alpha value is -2.28. The highest BCUT2D eigenvalue weighted by atomic mass is 16.7. The van der Waals surface area contributed by atoms with Crippen LogP contribution >= 0.6 is 0 Å². The molecule has 0 unspecified atom stereocenters. The van der Waals surface area contributed by atoms with Crippen molar-refractivity contribution in [1.82, 2.24) is 4.90 Å². The van der Waals surface area contributed by atoms with E-state index >= 15 is 0 Å². The van der Waals surface area contributed by atoms with Crippen molar-refractivity contribution in [2.45, 2.75) is 38.8 Å². The molecule has 3 aliphatic rings. The van der Waals surface area contributed by atoms with Crippen LogP contribution in [0.15, 0.2) is 18.2 Å². The van der Waals surface area contributed by atoms with Gasteiger partial charge < -0.3 is 23.8 Å². The monoisotopic (exact) mass is 375 g/mol. The van der Waals surface area contributed by atoms with Gasteiger partial charge in [-0.3, -0.25) is 9.59 Å². The highest BCUT2D eigenvalue weighted by Crippen LogP contribution is 2.41. The van der Waals surface area contributed by atoms with Gasteiger partial charge in [0.2, 0.25) is 6.79 Å². The lowest BCUT2D eigenvalue weighted by atomic mass is 10.1. The van der Waals surface area contributed by atoms with Gasteiger partial charge in [0.25, 0.3) is 5.91 Å². The van der Waals surface area contributed by atoms with Crippen LogP contribution in [-0.2, 0) is 25.6 Å². The Balaban J connectivity index is 1.45.